The number of nitrogens with one attached hydrogen (secondary N) is 1. The largest absolute Gasteiger partial charge is 0.436 e. The van der Waals surface area contributed by atoms with Crippen LogP contribution in [-0.2, 0) is 0 Å². The Morgan fingerprint density at radius 1 is 1.38 bits per heavy atom. The van der Waals surface area contributed by atoms with Crippen molar-refractivity contribution < 1.29 is 8.81 Å². The highest BCUT2D eigenvalue weighted by atomic mass is 19.1. The number of H-pyrrole nitrogens is 1. The minimum atomic E-state index is -0.354. The Balaban J connectivity index is 2.23. The first-order valence-electron chi connectivity index (χ1n) is 4.59. The van der Waals surface area contributed by atoms with Crippen LogP contribution in [0.2, 0.25) is 0 Å². The van der Waals surface area contributed by atoms with E-state index in [0.29, 0.717) is 28.4 Å². The molecule has 0 bridgehead atoms. The number of nitrogens with zero attached hydrogens (tertiary/aromatic N) is 2. The summed E-state index contributed by atoms with van der Waals surface area (Å²) in [6.45, 7) is 0. The van der Waals surface area contributed by atoms with Gasteiger partial charge < -0.3 is 10.2 Å². The molecule has 2 aromatic heterocycles. The van der Waals surface area contributed by atoms with E-state index in [9.17, 15) is 4.39 Å². The van der Waals surface area contributed by atoms with Crippen LogP contribution in [0.5, 0.6) is 0 Å². The number of nitrogen functional groups attached to an aromatic ring is 1. The number of anilines is 1. The predicted octanol–water partition coefficient (Wildman–Crippen LogP) is 1.94. The summed E-state index contributed by atoms with van der Waals surface area (Å²) in [5, 5.41) is 6.34. The molecule has 1 aromatic carbocycles. The van der Waals surface area contributed by atoms with Crippen LogP contribution in [0.3, 0.4) is 0 Å². The molecule has 0 saturated carbocycles. The van der Waals surface area contributed by atoms with Gasteiger partial charge in [0.05, 0.1) is 11.8 Å². The molecule has 0 amide bonds. The van der Waals surface area contributed by atoms with Crippen molar-refractivity contribution in [3.8, 4) is 11.5 Å². The lowest BCUT2D eigenvalue weighted by Gasteiger charge is -1.89. The number of hydrogen-bond acceptors (Lipinski definition) is 4. The zero-order chi connectivity index (χ0) is 11.1. The van der Waals surface area contributed by atoms with Gasteiger partial charge >= 0.3 is 0 Å². The SMILES string of the molecule is Nc1[nH]ncc1-c1nc2cc(F)ccc2o1. The lowest BCUT2D eigenvalue weighted by molar-refractivity contribution is 0.614. The van der Waals surface area contributed by atoms with Gasteiger partial charge in [-0.2, -0.15) is 5.10 Å². The fourth-order valence-electron chi connectivity index (χ4n) is 1.48. The summed E-state index contributed by atoms with van der Waals surface area (Å²) >= 11 is 0. The summed E-state index contributed by atoms with van der Waals surface area (Å²) in [5.74, 6) is 0.339. The van der Waals surface area contributed by atoms with Crippen molar-refractivity contribution in [1.29, 1.82) is 0 Å². The molecule has 2 heterocycles. The van der Waals surface area contributed by atoms with E-state index in [4.69, 9.17) is 10.2 Å². The fraction of sp³-hybridized carbons (Fsp3) is 0. The second kappa shape index (κ2) is 3.06. The lowest BCUT2D eigenvalue weighted by Crippen LogP contribution is -1.87. The molecule has 3 N–H and O–H groups in total. The van der Waals surface area contributed by atoms with Crippen molar-refractivity contribution in [1.82, 2.24) is 15.2 Å². The Bertz CT molecular complexity index is 658. The first kappa shape index (κ1) is 8.90. The Morgan fingerprint density at radius 3 is 3.00 bits per heavy atom. The Hall–Kier alpha value is -2.37. The molecule has 3 rings (SSSR count). The lowest BCUT2D eigenvalue weighted by atomic mass is 10.3. The molecule has 5 nitrogen and oxygen atoms in total. The molecule has 0 saturated heterocycles. The zero-order valence-electron chi connectivity index (χ0n) is 8.07. The van der Waals surface area contributed by atoms with Crippen molar-refractivity contribution in [2.24, 2.45) is 0 Å². The van der Waals surface area contributed by atoms with Crippen molar-refractivity contribution in [2.75, 3.05) is 5.73 Å². The van der Waals surface area contributed by atoms with Gasteiger partial charge in [0.1, 0.15) is 17.2 Å². The number of fused-ring (bicyclic) bond motifs is 1. The monoisotopic (exact) mass is 218 g/mol. The Kier molecular flexibility index (Phi) is 1.70. The van der Waals surface area contributed by atoms with E-state index in [1.165, 1.54) is 24.4 Å². The van der Waals surface area contributed by atoms with E-state index in [0.717, 1.165) is 0 Å². The second-order valence-corrected chi connectivity index (χ2v) is 3.33. The van der Waals surface area contributed by atoms with Gasteiger partial charge in [0, 0.05) is 6.07 Å². The van der Waals surface area contributed by atoms with Crippen LogP contribution < -0.4 is 5.73 Å². The molecule has 0 fully saturated rings. The maximum atomic E-state index is 12.9. The molecular formula is C10H7FN4O. The van der Waals surface area contributed by atoms with E-state index < -0.39 is 0 Å². The molecule has 0 radical (unpaired) electrons. The van der Waals surface area contributed by atoms with Gasteiger partial charge in [0.15, 0.2) is 5.58 Å². The van der Waals surface area contributed by atoms with Gasteiger partial charge in [-0.15, -0.1) is 0 Å². The van der Waals surface area contributed by atoms with Crippen molar-refractivity contribution in [3.05, 3.63) is 30.2 Å². The van der Waals surface area contributed by atoms with Crippen molar-refractivity contribution >= 4 is 16.9 Å². The smallest absolute Gasteiger partial charge is 0.232 e. The van der Waals surface area contributed by atoms with Crippen LogP contribution in [0.25, 0.3) is 22.6 Å². The quantitative estimate of drug-likeness (QED) is 0.654. The maximum absolute atomic E-state index is 12.9. The molecule has 16 heavy (non-hydrogen) atoms. The molecule has 0 unspecified atom stereocenters. The Labute approximate surface area is 89.1 Å². The zero-order valence-corrected chi connectivity index (χ0v) is 8.07. The molecule has 0 atom stereocenters. The third-order valence-corrected chi connectivity index (χ3v) is 2.25. The van der Waals surface area contributed by atoms with Crippen LogP contribution in [0.1, 0.15) is 0 Å². The molecule has 80 valence electrons. The first-order chi connectivity index (χ1) is 7.74. The predicted molar refractivity (Wildman–Crippen MR) is 56.0 cm³/mol. The number of oxazole rings is 1. The summed E-state index contributed by atoms with van der Waals surface area (Å²) in [6, 6.07) is 4.14. The van der Waals surface area contributed by atoms with E-state index >= 15 is 0 Å². The van der Waals surface area contributed by atoms with E-state index in [-0.39, 0.29) is 5.82 Å². The number of benzene rings is 1. The second-order valence-electron chi connectivity index (χ2n) is 3.33. The third-order valence-electron chi connectivity index (χ3n) is 2.25. The van der Waals surface area contributed by atoms with Crippen LogP contribution >= 0.6 is 0 Å². The highest BCUT2D eigenvalue weighted by Crippen LogP contribution is 2.27. The number of nitrogens with two attached hydrogens (primary N) is 1. The normalized spacial score (nSPS) is 11.1. The number of aromatic amines is 1. The highest BCUT2D eigenvalue weighted by molar-refractivity contribution is 5.78. The van der Waals surface area contributed by atoms with Crippen LogP contribution in [0.15, 0.2) is 28.8 Å². The van der Waals surface area contributed by atoms with Gasteiger partial charge in [-0.1, -0.05) is 0 Å². The summed E-state index contributed by atoms with van der Waals surface area (Å²) in [6.07, 6.45) is 1.51. The van der Waals surface area contributed by atoms with E-state index in [1.54, 1.807) is 0 Å². The number of aromatic nitrogens is 3. The molecule has 0 aliphatic rings. The highest BCUT2D eigenvalue weighted by Gasteiger charge is 2.12. The summed E-state index contributed by atoms with van der Waals surface area (Å²) < 4.78 is 18.4. The molecule has 6 heteroatoms. The maximum Gasteiger partial charge on any atom is 0.232 e. The van der Waals surface area contributed by atoms with Gasteiger partial charge in [0.25, 0.3) is 0 Å². The molecule has 0 aliphatic carbocycles. The molecule has 0 aliphatic heterocycles. The summed E-state index contributed by atoms with van der Waals surface area (Å²) in [5.41, 5.74) is 7.16. The van der Waals surface area contributed by atoms with E-state index in [2.05, 4.69) is 15.2 Å². The number of rotatable bonds is 1. The Morgan fingerprint density at radius 2 is 2.25 bits per heavy atom. The fourth-order valence-corrected chi connectivity index (χ4v) is 1.48. The van der Waals surface area contributed by atoms with E-state index in [1.807, 2.05) is 0 Å². The average molecular weight is 218 g/mol. The number of hydrogen-bond donors (Lipinski definition) is 2. The van der Waals surface area contributed by atoms with Gasteiger partial charge in [-0.3, -0.25) is 5.10 Å². The minimum absolute atomic E-state index is 0.326. The van der Waals surface area contributed by atoms with Crippen molar-refractivity contribution in [2.45, 2.75) is 0 Å². The number of halogens is 1. The summed E-state index contributed by atoms with van der Waals surface area (Å²) in [7, 11) is 0. The van der Waals surface area contributed by atoms with Crippen LogP contribution in [-0.4, -0.2) is 15.2 Å². The van der Waals surface area contributed by atoms with Crippen LogP contribution in [0, 0.1) is 5.82 Å². The topological polar surface area (TPSA) is 80.7 Å². The standard InChI is InChI=1S/C10H7FN4O/c11-5-1-2-8-7(3-5)14-10(16-8)6-4-13-15-9(6)12/h1-4H,(H3,12,13,15). The van der Waals surface area contributed by atoms with Gasteiger partial charge in [-0.25, -0.2) is 9.37 Å². The third kappa shape index (κ3) is 1.23. The van der Waals surface area contributed by atoms with Gasteiger partial charge in [0.2, 0.25) is 5.89 Å². The van der Waals surface area contributed by atoms with Crippen molar-refractivity contribution in [3.63, 3.8) is 0 Å². The first-order valence-corrected chi connectivity index (χ1v) is 4.59. The molecular weight excluding hydrogens is 211 g/mol. The average Bonchev–Trinajstić information content (AvgIpc) is 2.82. The van der Waals surface area contributed by atoms with Crippen LogP contribution in [0.4, 0.5) is 10.2 Å². The minimum Gasteiger partial charge on any atom is -0.436 e. The summed E-state index contributed by atoms with van der Waals surface area (Å²) in [4.78, 5) is 4.13. The van der Waals surface area contributed by atoms with Gasteiger partial charge in [-0.05, 0) is 12.1 Å². The molecule has 0 spiro atoms. The molecule has 3 aromatic rings.